The number of aryl methyl sites for hydroxylation is 2. The summed E-state index contributed by atoms with van der Waals surface area (Å²) in [5.41, 5.74) is 4.10. The highest BCUT2D eigenvalue weighted by Crippen LogP contribution is 2.32. The maximum absolute atomic E-state index is 12.8. The molecule has 5 nitrogen and oxygen atoms in total. The van der Waals surface area contributed by atoms with Crippen molar-refractivity contribution in [1.29, 1.82) is 0 Å². The molecule has 1 unspecified atom stereocenters. The molecule has 25 heavy (non-hydrogen) atoms. The summed E-state index contributed by atoms with van der Waals surface area (Å²) < 4.78 is 0. The van der Waals surface area contributed by atoms with Crippen LogP contribution in [0.1, 0.15) is 35.7 Å². The molecule has 0 saturated heterocycles. The fraction of sp³-hybridized carbons (Fsp3) is 0.250. The highest BCUT2D eigenvalue weighted by Gasteiger charge is 2.26. The summed E-state index contributed by atoms with van der Waals surface area (Å²) in [4.78, 5) is 17.2. The molecule has 1 heterocycles. The van der Waals surface area contributed by atoms with Gasteiger partial charge in [-0.3, -0.25) is 9.89 Å². The second-order valence-corrected chi connectivity index (χ2v) is 6.46. The van der Waals surface area contributed by atoms with Gasteiger partial charge in [-0.1, -0.05) is 36.4 Å². The zero-order chi connectivity index (χ0) is 17.2. The van der Waals surface area contributed by atoms with E-state index in [0.29, 0.717) is 5.82 Å². The quantitative estimate of drug-likeness (QED) is 0.765. The van der Waals surface area contributed by atoms with E-state index in [4.69, 9.17) is 0 Å². The number of benzene rings is 2. The van der Waals surface area contributed by atoms with E-state index in [9.17, 15) is 4.79 Å². The van der Waals surface area contributed by atoms with Gasteiger partial charge in [0.25, 0.3) is 0 Å². The van der Waals surface area contributed by atoms with Crippen molar-refractivity contribution in [2.24, 2.45) is 0 Å². The van der Waals surface area contributed by atoms with Crippen LogP contribution in [0, 0.1) is 6.92 Å². The zero-order valence-electron chi connectivity index (χ0n) is 14.1. The van der Waals surface area contributed by atoms with Gasteiger partial charge < -0.3 is 5.32 Å². The molecular formula is C20H20N4O. The summed E-state index contributed by atoms with van der Waals surface area (Å²) >= 11 is 0. The van der Waals surface area contributed by atoms with Crippen molar-refractivity contribution in [2.75, 3.05) is 5.32 Å². The third kappa shape index (κ3) is 3.18. The Kier molecular flexibility index (Phi) is 4.06. The van der Waals surface area contributed by atoms with Crippen molar-refractivity contribution in [3.8, 4) is 11.4 Å². The molecule has 2 N–H and O–H groups in total. The molecule has 1 atom stereocenters. The SMILES string of the molecule is Cc1nc(-c2cccc(NC(=O)C3CCCc4ccccc43)c2)n[nH]1. The minimum absolute atomic E-state index is 0.0514. The molecule has 3 aromatic rings. The molecule has 4 rings (SSSR count). The number of carbonyl (C=O) groups excluding carboxylic acids is 1. The van der Waals surface area contributed by atoms with E-state index in [1.165, 1.54) is 5.56 Å². The molecule has 126 valence electrons. The molecule has 1 aromatic heterocycles. The summed E-state index contributed by atoms with van der Waals surface area (Å²) in [6.07, 6.45) is 2.99. The molecule has 0 fully saturated rings. The van der Waals surface area contributed by atoms with Crippen LogP contribution >= 0.6 is 0 Å². The second-order valence-electron chi connectivity index (χ2n) is 6.46. The number of anilines is 1. The summed E-state index contributed by atoms with van der Waals surface area (Å²) in [5.74, 6) is 1.37. The lowest BCUT2D eigenvalue weighted by Crippen LogP contribution is -2.24. The normalized spacial score (nSPS) is 16.3. The summed E-state index contributed by atoms with van der Waals surface area (Å²) in [6.45, 7) is 1.86. The van der Waals surface area contributed by atoms with Gasteiger partial charge >= 0.3 is 0 Å². The maximum atomic E-state index is 12.8. The Morgan fingerprint density at radius 3 is 2.92 bits per heavy atom. The van der Waals surface area contributed by atoms with Gasteiger partial charge in [-0.05, 0) is 49.4 Å². The van der Waals surface area contributed by atoms with Crippen LogP contribution in [0.25, 0.3) is 11.4 Å². The number of hydrogen-bond donors (Lipinski definition) is 2. The number of aromatic amines is 1. The minimum atomic E-state index is -0.0839. The van der Waals surface area contributed by atoms with Crippen LogP contribution in [0.15, 0.2) is 48.5 Å². The van der Waals surface area contributed by atoms with Gasteiger partial charge in [0, 0.05) is 11.3 Å². The van der Waals surface area contributed by atoms with E-state index in [-0.39, 0.29) is 11.8 Å². The highest BCUT2D eigenvalue weighted by molar-refractivity contribution is 5.96. The average molecular weight is 332 g/mol. The summed E-state index contributed by atoms with van der Waals surface area (Å²) in [7, 11) is 0. The van der Waals surface area contributed by atoms with E-state index >= 15 is 0 Å². The summed E-state index contributed by atoms with van der Waals surface area (Å²) in [5, 5.41) is 10.1. The topological polar surface area (TPSA) is 70.7 Å². The number of aromatic nitrogens is 3. The van der Waals surface area contributed by atoms with Crippen molar-refractivity contribution in [1.82, 2.24) is 15.2 Å². The molecule has 5 heteroatoms. The Bertz CT molecular complexity index is 915. The first-order chi connectivity index (χ1) is 12.2. The van der Waals surface area contributed by atoms with E-state index in [2.05, 4.69) is 32.6 Å². The van der Waals surface area contributed by atoms with E-state index in [1.807, 2.05) is 43.3 Å². The highest BCUT2D eigenvalue weighted by atomic mass is 16.1. The van der Waals surface area contributed by atoms with Crippen LogP contribution in [0.2, 0.25) is 0 Å². The van der Waals surface area contributed by atoms with Crippen LogP contribution in [0.5, 0.6) is 0 Å². The third-order valence-corrected chi connectivity index (χ3v) is 4.67. The van der Waals surface area contributed by atoms with Crippen molar-refractivity contribution in [3.05, 3.63) is 65.5 Å². The van der Waals surface area contributed by atoms with Crippen molar-refractivity contribution in [3.63, 3.8) is 0 Å². The van der Waals surface area contributed by atoms with Gasteiger partial charge in [-0.15, -0.1) is 0 Å². The fourth-order valence-electron chi connectivity index (χ4n) is 3.46. The molecule has 0 saturated carbocycles. The van der Waals surface area contributed by atoms with Gasteiger partial charge in [0.15, 0.2) is 5.82 Å². The lowest BCUT2D eigenvalue weighted by atomic mass is 9.82. The number of carbonyl (C=O) groups is 1. The molecule has 1 aliphatic carbocycles. The summed E-state index contributed by atoms with van der Waals surface area (Å²) in [6, 6.07) is 15.9. The van der Waals surface area contributed by atoms with Gasteiger partial charge in [-0.25, -0.2) is 4.98 Å². The van der Waals surface area contributed by atoms with Crippen molar-refractivity contribution < 1.29 is 4.79 Å². The number of nitrogens with one attached hydrogen (secondary N) is 2. The Morgan fingerprint density at radius 1 is 1.20 bits per heavy atom. The Balaban J connectivity index is 1.56. The minimum Gasteiger partial charge on any atom is -0.326 e. The Labute approximate surface area is 146 Å². The van der Waals surface area contributed by atoms with Crippen LogP contribution in [0.4, 0.5) is 5.69 Å². The molecule has 2 aromatic carbocycles. The first-order valence-corrected chi connectivity index (χ1v) is 8.59. The maximum Gasteiger partial charge on any atom is 0.231 e. The number of H-pyrrole nitrogens is 1. The number of fused-ring (bicyclic) bond motifs is 1. The first-order valence-electron chi connectivity index (χ1n) is 8.59. The van der Waals surface area contributed by atoms with Gasteiger partial charge in [0.1, 0.15) is 5.82 Å². The standard InChI is InChI=1S/C20H20N4O/c1-13-21-19(24-23-13)15-8-4-9-16(12-15)22-20(25)18-11-5-7-14-6-2-3-10-17(14)18/h2-4,6,8-10,12,18H,5,7,11H2,1H3,(H,22,25)(H,21,23,24). The van der Waals surface area contributed by atoms with Gasteiger partial charge in [-0.2, -0.15) is 5.10 Å². The predicted octanol–water partition coefficient (Wildman–Crippen LogP) is 3.84. The van der Waals surface area contributed by atoms with Crippen LogP contribution in [-0.2, 0) is 11.2 Å². The fourth-order valence-corrected chi connectivity index (χ4v) is 3.46. The van der Waals surface area contributed by atoms with Gasteiger partial charge in [0.2, 0.25) is 5.91 Å². The number of hydrogen-bond acceptors (Lipinski definition) is 3. The number of rotatable bonds is 3. The molecule has 1 aliphatic rings. The van der Waals surface area contributed by atoms with Crippen LogP contribution in [-0.4, -0.2) is 21.1 Å². The molecule has 0 radical (unpaired) electrons. The van der Waals surface area contributed by atoms with Crippen LogP contribution < -0.4 is 5.32 Å². The smallest absolute Gasteiger partial charge is 0.231 e. The third-order valence-electron chi connectivity index (χ3n) is 4.67. The molecule has 0 spiro atoms. The molecule has 1 amide bonds. The Morgan fingerprint density at radius 2 is 2.08 bits per heavy atom. The van der Waals surface area contributed by atoms with E-state index < -0.39 is 0 Å². The predicted molar refractivity (Wildman–Crippen MR) is 97.3 cm³/mol. The average Bonchev–Trinajstić information content (AvgIpc) is 3.08. The lowest BCUT2D eigenvalue weighted by molar-refractivity contribution is -0.117. The monoisotopic (exact) mass is 332 g/mol. The van der Waals surface area contributed by atoms with Crippen molar-refractivity contribution in [2.45, 2.75) is 32.1 Å². The largest absolute Gasteiger partial charge is 0.326 e. The lowest BCUT2D eigenvalue weighted by Gasteiger charge is -2.24. The van der Waals surface area contributed by atoms with Crippen molar-refractivity contribution >= 4 is 11.6 Å². The number of nitrogens with zero attached hydrogens (tertiary/aromatic N) is 2. The van der Waals surface area contributed by atoms with Gasteiger partial charge in [0.05, 0.1) is 5.92 Å². The molecule has 0 aliphatic heterocycles. The molecule has 0 bridgehead atoms. The van der Waals surface area contributed by atoms with Crippen LogP contribution in [0.3, 0.4) is 0 Å². The van der Waals surface area contributed by atoms with E-state index in [1.54, 1.807) is 0 Å². The zero-order valence-corrected chi connectivity index (χ0v) is 14.1. The Hall–Kier alpha value is -2.95. The second kappa shape index (κ2) is 6.51. The number of amides is 1. The molecular weight excluding hydrogens is 312 g/mol. The first kappa shape index (κ1) is 15.6. The van der Waals surface area contributed by atoms with E-state index in [0.717, 1.165) is 41.9 Å².